The number of hydrogen-bond acceptors (Lipinski definition) is 3. The molecule has 4 heteroatoms. The minimum absolute atomic E-state index is 0.0972. The van der Waals surface area contributed by atoms with Crippen LogP contribution in [0.15, 0.2) is 0 Å². The summed E-state index contributed by atoms with van der Waals surface area (Å²) in [6, 6.07) is 2.27. The van der Waals surface area contributed by atoms with Crippen molar-refractivity contribution in [2.45, 2.75) is 50.5 Å². The molecule has 0 spiro atoms. The van der Waals surface area contributed by atoms with Crippen molar-refractivity contribution in [3.05, 3.63) is 0 Å². The quantitative estimate of drug-likeness (QED) is 0.791. The lowest BCUT2D eigenvalue weighted by atomic mass is 9.83. The predicted octanol–water partition coefficient (Wildman–Crippen LogP) is 1.76. The van der Waals surface area contributed by atoms with Crippen molar-refractivity contribution in [2.24, 2.45) is 5.92 Å². The summed E-state index contributed by atoms with van der Waals surface area (Å²) >= 11 is 0. The monoisotopic (exact) mass is 236 g/mol. The number of amides is 1. The highest BCUT2D eigenvalue weighted by Crippen LogP contribution is 2.29. The zero-order chi connectivity index (χ0) is 12.1. The van der Waals surface area contributed by atoms with Crippen molar-refractivity contribution in [3.8, 4) is 6.07 Å². The summed E-state index contributed by atoms with van der Waals surface area (Å²) in [7, 11) is 0. The SMILES string of the molecule is N#CC1(NC(=O)COCC2CC2)CCCCC1. The number of hydrogen-bond donors (Lipinski definition) is 1. The standard InChI is InChI=1S/C13H20N2O2/c14-10-13(6-2-1-3-7-13)15-12(16)9-17-8-11-4-5-11/h11H,1-9H2,(H,15,16). The first-order valence-corrected chi connectivity index (χ1v) is 6.54. The van der Waals surface area contributed by atoms with E-state index in [1.165, 1.54) is 12.8 Å². The molecule has 2 rings (SSSR count). The summed E-state index contributed by atoms with van der Waals surface area (Å²) in [6.45, 7) is 0.785. The molecule has 94 valence electrons. The smallest absolute Gasteiger partial charge is 0.247 e. The molecule has 0 atom stereocenters. The fourth-order valence-electron chi connectivity index (χ4n) is 2.33. The van der Waals surface area contributed by atoms with Crippen LogP contribution in [0, 0.1) is 17.2 Å². The lowest BCUT2D eigenvalue weighted by Gasteiger charge is -2.31. The zero-order valence-electron chi connectivity index (χ0n) is 10.2. The number of nitrogens with zero attached hydrogens (tertiary/aromatic N) is 1. The molecule has 0 radical (unpaired) electrons. The van der Waals surface area contributed by atoms with Gasteiger partial charge >= 0.3 is 0 Å². The fraction of sp³-hybridized carbons (Fsp3) is 0.846. The molecule has 0 saturated heterocycles. The maximum atomic E-state index is 11.7. The van der Waals surface area contributed by atoms with E-state index in [2.05, 4.69) is 11.4 Å². The molecule has 2 aliphatic rings. The van der Waals surface area contributed by atoms with Crippen LogP contribution >= 0.6 is 0 Å². The normalized spacial score (nSPS) is 22.8. The van der Waals surface area contributed by atoms with Crippen LogP contribution in [0.2, 0.25) is 0 Å². The first kappa shape index (κ1) is 12.4. The highest BCUT2D eigenvalue weighted by Gasteiger charge is 2.33. The van der Waals surface area contributed by atoms with E-state index in [1.807, 2.05) is 0 Å². The maximum absolute atomic E-state index is 11.7. The van der Waals surface area contributed by atoms with Gasteiger partial charge in [0.05, 0.1) is 12.7 Å². The molecule has 0 unspecified atom stereocenters. The molecule has 2 aliphatic carbocycles. The van der Waals surface area contributed by atoms with Crippen molar-refractivity contribution in [2.75, 3.05) is 13.2 Å². The van der Waals surface area contributed by atoms with Crippen molar-refractivity contribution in [1.29, 1.82) is 5.26 Å². The molecule has 0 aromatic carbocycles. The highest BCUT2D eigenvalue weighted by atomic mass is 16.5. The molecular formula is C13H20N2O2. The van der Waals surface area contributed by atoms with Crippen molar-refractivity contribution >= 4 is 5.91 Å². The number of rotatable bonds is 5. The van der Waals surface area contributed by atoms with Gasteiger partial charge in [-0.05, 0) is 31.6 Å². The average Bonchev–Trinajstić information content (AvgIpc) is 3.14. The maximum Gasteiger partial charge on any atom is 0.247 e. The van der Waals surface area contributed by atoms with Gasteiger partial charge in [0.15, 0.2) is 0 Å². The zero-order valence-corrected chi connectivity index (χ0v) is 10.2. The highest BCUT2D eigenvalue weighted by molar-refractivity contribution is 5.78. The molecule has 1 amide bonds. The van der Waals surface area contributed by atoms with Crippen LogP contribution in [0.5, 0.6) is 0 Å². The molecule has 0 aromatic heterocycles. The molecule has 0 bridgehead atoms. The number of nitrogens with one attached hydrogen (secondary N) is 1. The van der Waals surface area contributed by atoms with E-state index in [4.69, 9.17) is 4.74 Å². The van der Waals surface area contributed by atoms with Crippen LogP contribution in [0.25, 0.3) is 0 Å². The third-order valence-electron chi connectivity index (χ3n) is 3.58. The van der Waals surface area contributed by atoms with Crippen LogP contribution in [0.3, 0.4) is 0 Å². The minimum Gasteiger partial charge on any atom is -0.371 e. The van der Waals surface area contributed by atoms with E-state index >= 15 is 0 Å². The summed E-state index contributed by atoms with van der Waals surface area (Å²) in [5.41, 5.74) is -0.627. The molecule has 0 aromatic rings. The van der Waals surface area contributed by atoms with Crippen LogP contribution in [-0.4, -0.2) is 24.7 Å². The molecular weight excluding hydrogens is 216 g/mol. The van der Waals surface area contributed by atoms with Crippen LogP contribution < -0.4 is 5.32 Å². The predicted molar refractivity (Wildman–Crippen MR) is 63.1 cm³/mol. The molecule has 2 fully saturated rings. The van der Waals surface area contributed by atoms with Crippen molar-refractivity contribution in [3.63, 3.8) is 0 Å². The Morgan fingerprint density at radius 1 is 1.35 bits per heavy atom. The van der Waals surface area contributed by atoms with E-state index in [0.29, 0.717) is 12.5 Å². The van der Waals surface area contributed by atoms with Crippen molar-refractivity contribution in [1.82, 2.24) is 5.32 Å². The Kier molecular flexibility index (Phi) is 4.01. The molecule has 4 nitrogen and oxygen atoms in total. The number of nitriles is 1. The second kappa shape index (κ2) is 5.50. The van der Waals surface area contributed by atoms with Gasteiger partial charge in [-0.3, -0.25) is 4.79 Å². The lowest BCUT2D eigenvalue weighted by Crippen LogP contribution is -2.49. The van der Waals surface area contributed by atoms with Gasteiger partial charge in [0.25, 0.3) is 0 Å². The van der Waals surface area contributed by atoms with Gasteiger partial charge in [0.1, 0.15) is 12.1 Å². The summed E-state index contributed by atoms with van der Waals surface area (Å²) in [5.74, 6) is 0.525. The summed E-state index contributed by atoms with van der Waals surface area (Å²) in [6.07, 6.45) is 7.22. The number of ether oxygens (including phenoxy) is 1. The first-order valence-electron chi connectivity index (χ1n) is 6.54. The molecule has 2 saturated carbocycles. The third kappa shape index (κ3) is 3.71. The summed E-state index contributed by atoms with van der Waals surface area (Å²) in [5, 5.41) is 12.1. The van der Waals surface area contributed by atoms with E-state index in [0.717, 1.165) is 32.1 Å². The Morgan fingerprint density at radius 2 is 2.06 bits per heavy atom. The Balaban J connectivity index is 1.72. The Hall–Kier alpha value is -1.08. The van der Waals surface area contributed by atoms with Gasteiger partial charge in [0, 0.05) is 0 Å². The van der Waals surface area contributed by atoms with Gasteiger partial charge in [-0.15, -0.1) is 0 Å². The number of carbonyl (C=O) groups is 1. The van der Waals surface area contributed by atoms with E-state index in [1.54, 1.807) is 0 Å². The van der Waals surface area contributed by atoms with E-state index in [9.17, 15) is 10.1 Å². The van der Waals surface area contributed by atoms with Crippen LogP contribution in [0.1, 0.15) is 44.9 Å². The second-order valence-electron chi connectivity index (χ2n) is 5.26. The van der Waals surface area contributed by atoms with Crippen LogP contribution in [0.4, 0.5) is 0 Å². The lowest BCUT2D eigenvalue weighted by molar-refractivity contribution is -0.127. The van der Waals surface area contributed by atoms with Gasteiger partial charge in [-0.25, -0.2) is 0 Å². The molecule has 0 heterocycles. The first-order chi connectivity index (χ1) is 8.24. The molecule has 1 N–H and O–H groups in total. The van der Waals surface area contributed by atoms with Gasteiger partial charge < -0.3 is 10.1 Å². The number of carbonyl (C=O) groups excluding carboxylic acids is 1. The summed E-state index contributed by atoms with van der Waals surface area (Å²) < 4.78 is 5.33. The Morgan fingerprint density at radius 3 is 2.65 bits per heavy atom. The van der Waals surface area contributed by atoms with Gasteiger partial charge in [-0.1, -0.05) is 19.3 Å². The largest absolute Gasteiger partial charge is 0.371 e. The van der Waals surface area contributed by atoms with E-state index < -0.39 is 5.54 Å². The summed E-state index contributed by atoms with van der Waals surface area (Å²) in [4.78, 5) is 11.7. The average molecular weight is 236 g/mol. The topological polar surface area (TPSA) is 62.1 Å². The Bertz CT molecular complexity index is 312. The second-order valence-corrected chi connectivity index (χ2v) is 5.26. The Labute approximate surface area is 102 Å². The fourth-order valence-corrected chi connectivity index (χ4v) is 2.33. The van der Waals surface area contributed by atoms with E-state index in [-0.39, 0.29) is 12.5 Å². The molecule has 0 aliphatic heterocycles. The van der Waals surface area contributed by atoms with Gasteiger partial charge in [-0.2, -0.15) is 5.26 Å². The van der Waals surface area contributed by atoms with Gasteiger partial charge in [0.2, 0.25) is 5.91 Å². The van der Waals surface area contributed by atoms with Crippen LogP contribution in [-0.2, 0) is 9.53 Å². The molecule has 17 heavy (non-hydrogen) atoms. The third-order valence-corrected chi connectivity index (χ3v) is 3.58. The van der Waals surface area contributed by atoms with Crippen molar-refractivity contribution < 1.29 is 9.53 Å². The minimum atomic E-state index is -0.627.